The molecule has 174 valence electrons. The third-order valence-electron chi connectivity index (χ3n) is 5.16. The van der Waals surface area contributed by atoms with E-state index in [4.69, 9.17) is 0 Å². The maximum atomic E-state index is 14.1. The first-order valence-corrected chi connectivity index (χ1v) is 12.3. The topological polar surface area (TPSA) is 95.6 Å². The summed E-state index contributed by atoms with van der Waals surface area (Å²) in [7, 11) is -4.47. The first-order valence-electron chi connectivity index (χ1n) is 9.94. The molecule has 1 unspecified atom stereocenters. The van der Waals surface area contributed by atoms with Crippen LogP contribution in [0.4, 0.5) is 8.78 Å². The number of thiophene rings is 1. The van der Waals surface area contributed by atoms with Crippen molar-refractivity contribution in [2.45, 2.75) is 51.1 Å². The lowest BCUT2D eigenvalue weighted by molar-refractivity contribution is -0.0636. The second kappa shape index (κ2) is 8.87. The molecule has 0 radical (unpaired) electrons. The number of amides is 2. The van der Waals surface area contributed by atoms with Gasteiger partial charge >= 0.3 is 10.2 Å². The molecule has 2 aromatic rings. The molecule has 1 aromatic carbocycles. The average Bonchev–Trinajstić information content (AvgIpc) is 3.21. The van der Waals surface area contributed by atoms with Gasteiger partial charge in [0.15, 0.2) is 0 Å². The first-order chi connectivity index (χ1) is 14.8. The molecule has 0 bridgehead atoms. The number of hydrogen-bond donors (Lipinski definition) is 2. The number of carbonyl (C=O) groups excluding carboxylic acids is 2. The molecule has 0 aliphatic carbocycles. The zero-order valence-corrected chi connectivity index (χ0v) is 19.5. The summed E-state index contributed by atoms with van der Waals surface area (Å²) in [5, 5.41) is 5.47. The Hall–Kier alpha value is -2.37. The van der Waals surface area contributed by atoms with E-state index >= 15 is 0 Å². The van der Waals surface area contributed by atoms with Crippen LogP contribution in [0.15, 0.2) is 41.1 Å². The van der Waals surface area contributed by atoms with E-state index in [-0.39, 0.29) is 16.5 Å². The van der Waals surface area contributed by atoms with E-state index in [1.54, 1.807) is 29.6 Å². The van der Waals surface area contributed by atoms with E-state index in [1.807, 2.05) is 25.5 Å². The lowest BCUT2D eigenvalue weighted by Crippen LogP contribution is -2.60. The highest BCUT2D eigenvalue weighted by atomic mass is 32.2. The Morgan fingerprint density at radius 2 is 1.75 bits per heavy atom. The van der Waals surface area contributed by atoms with Crippen LogP contribution in [0.3, 0.4) is 0 Å². The van der Waals surface area contributed by atoms with Crippen LogP contribution in [0.2, 0.25) is 0 Å². The van der Waals surface area contributed by atoms with Crippen molar-refractivity contribution in [1.29, 1.82) is 0 Å². The minimum Gasteiger partial charge on any atom is -0.335 e. The molecule has 11 heteroatoms. The van der Waals surface area contributed by atoms with Gasteiger partial charge in [-0.15, -0.1) is 0 Å². The van der Waals surface area contributed by atoms with Crippen LogP contribution in [0.5, 0.6) is 0 Å². The third-order valence-corrected chi connectivity index (χ3v) is 7.34. The van der Waals surface area contributed by atoms with Gasteiger partial charge in [-0.3, -0.25) is 9.59 Å². The second-order valence-corrected chi connectivity index (χ2v) is 11.1. The smallest absolute Gasteiger partial charge is 0.305 e. The van der Waals surface area contributed by atoms with Gasteiger partial charge in [0.2, 0.25) is 0 Å². The molecular weight excluding hydrogens is 460 g/mol. The van der Waals surface area contributed by atoms with E-state index in [0.29, 0.717) is 4.31 Å². The number of alkyl halides is 2. The Bertz CT molecular complexity index is 1080. The van der Waals surface area contributed by atoms with Gasteiger partial charge in [-0.25, -0.2) is 13.5 Å². The maximum absolute atomic E-state index is 14.1. The van der Waals surface area contributed by atoms with Crippen LogP contribution in [0.1, 0.15) is 59.9 Å². The van der Waals surface area contributed by atoms with Crippen molar-refractivity contribution in [3.05, 3.63) is 57.8 Å². The van der Waals surface area contributed by atoms with Gasteiger partial charge in [0, 0.05) is 30.3 Å². The van der Waals surface area contributed by atoms with Crippen LogP contribution < -0.4 is 10.0 Å². The van der Waals surface area contributed by atoms with E-state index in [0.717, 1.165) is 5.56 Å². The fourth-order valence-electron chi connectivity index (χ4n) is 3.31. The molecule has 2 N–H and O–H groups in total. The summed E-state index contributed by atoms with van der Waals surface area (Å²) in [6, 6.07) is 8.10. The summed E-state index contributed by atoms with van der Waals surface area (Å²) in [5.74, 6) is -4.71. The summed E-state index contributed by atoms with van der Waals surface area (Å²) >= 11 is 1.21. The van der Waals surface area contributed by atoms with Crippen molar-refractivity contribution in [3.63, 3.8) is 0 Å². The van der Waals surface area contributed by atoms with Crippen molar-refractivity contribution >= 4 is 33.4 Å². The first kappa shape index (κ1) is 24.3. The summed E-state index contributed by atoms with van der Waals surface area (Å²) < 4.78 is 56.3. The number of nitrogens with zero attached hydrogens (tertiary/aromatic N) is 1. The highest BCUT2D eigenvalue weighted by molar-refractivity contribution is 7.87. The fourth-order valence-corrected chi connectivity index (χ4v) is 5.21. The van der Waals surface area contributed by atoms with Crippen molar-refractivity contribution in [2.75, 3.05) is 6.54 Å². The molecule has 1 aromatic heterocycles. The normalized spacial score (nSPS) is 19.3. The van der Waals surface area contributed by atoms with Gasteiger partial charge in [-0.2, -0.15) is 24.1 Å². The molecule has 2 amide bonds. The zero-order valence-electron chi connectivity index (χ0n) is 17.9. The molecule has 0 saturated carbocycles. The lowest BCUT2D eigenvalue weighted by atomic mass is 9.86. The van der Waals surface area contributed by atoms with Gasteiger partial charge in [0.25, 0.3) is 17.7 Å². The summed E-state index contributed by atoms with van der Waals surface area (Å²) in [6.45, 7) is 5.49. The van der Waals surface area contributed by atoms with Crippen LogP contribution in [0.25, 0.3) is 0 Å². The molecule has 3 rings (SSSR count). The molecule has 1 fully saturated rings. The predicted molar refractivity (Wildman–Crippen MR) is 118 cm³/mol. The highest BCUT2D eigenvalue weighted by Crippen LogP contribution is 2.32. The Morgan fingerprint density at radius 1 is 1.09 bits per heavy atom. The van der Waals surface area contributed by atoms with Crippen molar-refractivity contribution < 1.29 is 26.8 Å². The number of rotatable bonds is 5. The molecule has 1 aliphatic rings. The Kier molecular flexibility index (Phi) is 6.73. The lowest BCUT2D eigenvalue weighted by Gasteiger charge is -2.38. The van der Waals surface area contributed by atoms with Crippen molar-refractivity contribution in [1.82, 2.24) is 14.3 Å². The highest BCUT2D eigenvalue weighted by Gasteiger charge is 2.45. The number of carbonyl (C=O) groups is 2. The van der Waals surface area contributed by atoms with Gasteiger partial charge < -0.3 is 5.32 Å². The molecular formula is C21H25F2N3O4S2. The van der Waals surface area contributed by atoms with Gasteiger partial charge in [0.1, 0.15) is 6.17 Å². The van der Waals surface area contributed by atoms with Gasteiger partial charge in [0.05, 0.1) is 5.56 Å². The average molecular weight is 486 g/mol. The maximum Gasteiger partial charge on any atom is 0.305 e. The predicted octanol–water partition coefficient (Wildman–Crippen LogP) is 3.51. The van der Waals surface area contributed by atoms with Crippen molar-refractivity contribution in [3.8, 4) is 0 Å². The summed E-state index contributed by atoms with van der Waals surface area (Å²) in [4.78, 5) is 24.9. The van der Waals surface area contributed by atoms with E-state index < -0.39 is 53.5 Å². The minimum absolute atomic E-state index is 0.133. The molecule has 7 nitrogen and oxygen atoms in total. The van der Waals surface area contributed by atoms with Crippen LogP contribution in [-0.2, 0) is 15.6 Å². The number of hydrogen-bond acceptors (Lipinski definition) is 5. The fraction of sp³-hybridized carbons (Fsp3) is 0.429. The summed E-state index contributed by atoms with van der Waals surface area (Å²) in [6.07, 6.45) is -3.12. The minimum atomic E-state index is -4.47. The quantitative estimate of drug-likeness (QED) is 0.678. The number of nitrogens with one attached hydrogen (secondary N) is 2. The summed E-state index contributed by atoms with van der Waals surface area (Å²) in [5.41, 5.74) is 1.21. The SMILES string of the molecule is CC(C)(C)c1ccc(C(=O)NC2CC(F)(F)CCN2S(=O)(=O)NC(=O)c2ccsc2)cc1. The van der Waals surface area contributed by atoms with Crippen LogP contribution >= 0.6 is 11.3 Å². The number of benzene rings is 1. The molecule has 0 spiro atoms. The Balaban J connectivity index is 1.79. The van der Waals surface area contributed by atoms with E-state index in [1.165, 1.54) is 22.8 Å². The molecule has 2 heterocycles. The Morgan fingerprint density at radius 3 is 2.31 bits per heavy atom. The second-order valence-electron chi connectivity index (χ2n) is 8.69. The number of halogens is 2. The molecule has 32 heavy (non-hydrogen) atoms. The standard InChI is InChI=1S/C21H25F2N3O4S2/c1-20(2,3)16-6-4-14(5-7-16)18(27)24-17-12-21(22,23)9-10-26(17)32(29,30)25-19(28)15-8-11-31-13-15/h4-8,11,13,17H,9-10,12H2,1-3H3,(H,24,27)(H,25,28). The van der Waals surface area contributed by atoms with E-state index in [2.05, 4.69) is 5.32 Å². The van der Waals surface area contributed by atoms with E-state index in [9.17, 15) is 26.8 Å². The Labute approximate surface area is 190 Å². The zero-order chi connectivity index (χ0) is 23.7. The van der Waals surface area contributed by atoms with Crippen LogP contribution in [-0.4, -0.2) is 43.2 Å². The van der Waals surface area contributed by atoms with Gasteiger partial charge in [-0.05, 0) is 34.6 Å². The number of piperidine rings is 1. The van der Waals surface area contributed by atoms with Gasteiger partial charge in [-0.1, -0.05) is 32.9 Å². The third kappa shape index (κ3) is 5.70. The largest absolute Gasteiger partial charge is 0.335 e. The molecule has 1 atom stereocenters. The molecule has 1 saturated heterocycles. The monoisotopic (exact) mass is 485 g/mol. The molecule has 1 aliphatic heterocycles. The van der Waals surface area contributed by atoms with Crippen LogP contribution in [0, 0.1) is 0 Å². The van der Waals surface area contributed by atoms with Crippen molar-refractivity contribution in [2.24, 2.45) is 0 Å².